The average Bonchev–Trinajstić information content (AvgIpc) is 3.07. The second-order valence-electron chi connectivity index (χ2n) is 8.97. The minimum absolute atomic E-state index is 0.0323. The smallest absolute Gasteiger partial charge is 0.229 e. The van der Waals surface area contributed by atoms with Crippen molar-refractivity contribution in [2.45, 2.75) is 32.2 Å². The van der Waals surface area contributed by atoms with Crippen LogP contribution in [0.4, 0.5) is 26.2 Å². The quantitative estimate of drug-likeness (QED) is 0.460. The molecule has 0 aliphatic carbocycles. The Morgan fingerprint density at radius 2 is 1.77 bits per heavy atom. The monoisotopic (exact) mass is 476 g/mol. The summed E-state index contributed by atoms with van der Waals surface area (Å²) in [5.41, 5.74) is 2.43. The van der Waals surface area contributed by atoms with Crippen LogP contribution in [0.25, 0.3) is 22.3 Å². The van der Waals surface area contributed by atoms with Crippen LogP contribution in [0.3, 0.4) is 0 Å². The molecule has 0 unspecified atom stereocenters. The van der Waals surface area contributed by atoms with Crippen molar-refractivity contribution in [2.75, 3.05) is 36.4 Å². The number of hydrogen-bond donors (Lipinski definition) is 2. The summed E-state index contributed by atoms with van der Waals surface area (Å²) in [7, 11) is 0. The second kappa shape index (κ2) is 9.18. The molecule has 180 valence electrons. The van der Waals surface area contributed by atoms with E-state index in [9.17, 15) is 4.39 Å². The van der Waals surface area contributed by atoms with Crippen LogP contribution in [0.1, 0.15) is 25.1 Å². The predicted octanol–water partition coefficient (Wildman–Crippen LogP) is 4.05. The Balaban J connectivity index is 1.30. The van der Waals surface area contributed by atoms with Gasteiger partial charge in [0, 0.05) is 44.7 Å². The van der Waals surface area contributed by atoms with E-state index in [4.69, 9.17) is 0 Å². The summed E-state index contributed by atoms with van der Waals surface area (Å²) in [6.07, 6.45) is 6.89. The van der Waals surface area contributed by atoms with Crippen molar-refractivity contribution < 1.29 is 8.78 Å². The summed E-state index contributed by atoms with van der Waals surface area (Å²) < 4.78 is 31.9. The zero-order valence-corrected chi connectivity index (χ0v) is 19.3. The van der Waals surface area contributed by atoms with Gasteiger partial charge in [-0.1, -0.05) is 6.42 Å². The van der Waals surface area contributed by atoms with Gasteiger partial charge in [-0.15, -0.1) is 0 Å². The van der Waals surface area contributed by atoms with Crippen LogP contribution in [0.15, 0.2) is 36.7 Å². The first-order chi connectivity index (χ1) is 17.2. The van der Waals surface area contributed by atoms with Crippen LogP contribution < -0.4 is 15.5 Å². The van der Waals surface area contributed by atoms with Gasteiger partial charge < -0.3 is 20.1 Å². The fraction of sp³-hybridized carbons (Fsp3) is 0.360. The number of aromatic nitrogens is 5. The van der Waals surface area contributed by atoms with Gasteiger partial charge in [-0.3, -0.25) is 0 Å². The van der Waals surface area contributed by atoms with Crippen molar-refractivity contribution in [3.05, 3.63) is 54.1 Å². The Kier molecular flexibility index (Phi) is 5.73. The molecule has 0 amide bonds. The van der Waals surface area contributed by atoms with E-state index in [1.165, 1.54) is 6.07 Å². The van der Waals surface area contributed by atoms with Crippen LogP contribution in [0.2, 0.25) is 0 Å². The van der Waals surface area contributed by atoms with E-state index in [0.717, 1.165) is 76.1 Å². The Hall–Kier alpha value is -3.66. The van der Waals surface area contributed by atoms with Crippen LogP contribution in [-0.4, -0.2) is 50.7 Å². The summed E-state index contributed by atoms with van der Waals surface area (Å²) in [5, 5.41) is 6.37. The van der Waals surface area contributed by atoms with Gasteiger partial charge in [0.05, 0.1) is 23.6 Å². The highest BCUT2D eigenvalue weighted by Crippen LogP contribution is 2.30. The molecule has 2 N–H and O–H groups in total. The predicted molar refractivity (Wildman–Crippen MR) is 131 cm³/mol. The van der Waals surface area contributed by atoms with Gasteiger partial charge in [0.25, 0.3) is 0 Å². The van der Waals surface area contributed by atoms with E-state index in [2.05, 4.69) is 40.0 Å². The average molecular weight is 477 g/mol. The number of pyridine rings is 1. The number of hydrogen-bond acceptors (Lipinski definition) is 7. The maximum Gasteiger partial charge on any atom is 0.229 e. The van der Waals surface area contributed by atoms with Crippen LogP contribution >= 0.6 is 0 Å². The van der Waals surface area contributed by atoms with Crippen LogP contribution in [0.5, 0.6) is 0 Å². The molecule has 1 saturated heterocycles. The molecule has 6 rings (SSSR count). The number of nitrogens with zero attached hydrogens (tertiary/aromatic N) is 6. The highest BCUT2D eigenvalue weighted by atomic mass is 19.1. The topological polar surface area (TPSA) is 83.8 Å². The van der Waals surface area contributed by atoms with Crippen LogP contribution in [-0.2, 0) is 13.0 Å². The molecule has 2 aliphatic rings. The lowest BCUT2D eigenvalue weighted by atomic mass is 10.1. The maximum absolute atomic E-state index is 15.0. The first-order valence-electron chi connectivity index (χ1n) is 12.1. The zero-order chi connectivity index (χ0) is 23.8. The number of piperazine rings is 1. The molecule has 10 heteroatoms. The molecule has 0 atom stereocenters. The molecule has 1 fully saturated rings. The van der Waals surface area contributed by atoms with Crippen molar-refractivity contribution in [2.24, 2.45) is 0 Å². The standard InChI is InChI=1S/C25H26F2N8/c26-18-12-16(13-20-24(18)32-22-4-2-1-3-9-35(20)22)23-19(27)15-30-25(33-23)31-21-6-5-17(14-29-21)34-10-7-28-8-11-34/h5-6,12-15,28H,1-4,7-11H2,(H,29,30,31,33). The lowest BCUT2D eigenvalue weighted by Gasteiger charge is -2.29. The largest absolute Gasteiger partial charge is 0.368 e. The number of nitrogens with one attached hydrogen (secondary N) is 2. The van der Waals surface area contributed by atoms with E-state index in [1.807, 2.05) is 12.1 Å². The van der Waals surface area contributed by atoms with Crippen molar-refractivity contribution in [1.82, 2.24) is 29.8 Å². The molecule has 1 aromatic carbocycles. The minimum atomic E-state index is -0.619. The summed E-state index contributed by atoms with van der Waals surface area (Å²) in [5.74, 6) is 0.526. The van der Waals surface area contributed by atoms with Gasteiger partial charge in [-0.25, -0.2) is 28.7 Å². The first-order valence-corrected chi connectivity index (χ1v) is 12.1. The van der Waals surface area contributed by atoms with Gasteiger partial charge in [0.15, 0.2) is 11.6 Å². The molecule has 0 bridgehead atoms. The Morgan fingerprint density at radius 1 is 0.886 bits per heavy atom. The molecule has 4 aromatic rings. The summed E-state index contributed by atoms with van der Waals surface area (Å²) in [6, 6.07) is 6.90. The van der Waals surface area contributed by atoms with Crippen molar-refractivity contribution in [1.29, 1.82) is 0 Å². The third-order valence-corrected chi connectivity index (χ3v) is 6.66. The molecule has 2 aliphatic heterocycles. The number of benzene rings is 1. The number of imidazole rings is 1. The van der Waals surface area contributed by atoms with Crippen molar-refractivity contribution >= 4 is 28.5 Å². The molecule has 8 nitrogen and oxygen atoms in total. The Labute approximate surface area is 201 Å². The van der Waals surface area contributed by atoms with Gasteiger partial charge in [-0.05, 0) is 37.1 Å². The molecule has 0 radical (unpaired) electrons. The molecule has 3 aromatic heterocycles. The number of fused-ring (bicyclic) bond motifs is 3. The molecule has 0 saturated carbocycles. The number of halogens is 2. The second-order valence-corrected chi connectivity index (χ2v) is 8.97. The fourth-order valence-electron chi connectivity index (χ4n) is 4.85. The normalized spacial score (nSPS) is 16.2. The summed E-state index contributed by atoms with van der Waals surface area (Å²) in [4.78, 5) is 19.7. The van der Waals surface area contributed by atoms with E-state index in [-0.39, 0.29) is 11.6 Å². The summed E-state index contributed by atoms with van der Waals surface area (Å²) in [6.45, 7) is 4.53. The van der Waals surface area contributed by atoms with Crippen molar-refractivity contribution in [3.63, 3.8) is 0 Å². The van der Waals surface area contributed by atoms with Crippen LogP contribution in [0, 0.1) is 11.6 Å². The highest BCUT2D eigenvalue weighted by Gasteiger charge is 2.20. The van der Waals surface area contributed by atoms with Gasteiger partial charge in [-0.2, -0.15) is 0 Å². The van der Waals surface area contributed by atoms with Gasteiger partial charge in [0.1, 0.15) is 22.9 Å². The number of anilines is 3. The first kappa shape index (κ1) is 21.8. The lowest BCUT2D eigenvalue weighted by molar-refractivity contribution is 0.589. The summed E-state index contributed by atoms with van der Waals surface area (Å²) >= 11 is 0. The molecular weight excluding hydrogens is 450 g/mol. The Bertz CT molecular complexity index is 1360. The number of aryl methyl sites for hydroxylation is 2. The van der Waals surface area contributed by atoms with E-state index >= 15 is 4.39 Å². The third-order valence-electron chi connectivity index (χ3n) is 6.66. The van der Waals surface area contributed by atoms with Crippen molar-refractivity contribution in [3.8, 4) is 11.3 Å². The lowest BCUT2D eigenvalue weighted by Crippen LogP contribution is -2.43. The molecular formula is C25H26F2N8. The molecule has 5 heterocycles. The van der Waals surface area contributed by atoms with E-state index in [1.54, 1.807) is 12.3 Å². The van der Waals surface area contributed by atoms with E-state index < -0.39 is 11.6 Å². The minimum Gasteiger partial charge on any atom is -0.368 e. The zero-order valence-electron chi connectivity index (χ0n) is 19.3. The Morgan fingerprint density at radius 3 is 2.60 bits per heavy atom. The third kappa shape index (κ3) is 4.29. The fourth-order valence-corrected chi connectivity index (χ4v) is 4.85. The van der Waals surface area contributed by atoms with Gasteiger partial charge >= 0.3 is 0 Å². The molecule has 0 spiro atoms. The maximum atomic E-state index is 15.0. The number of rotatable bonds is 4. The van der Waals surface area contributed by atoms with Gasteiger partial charge in [0.2, 0.25) is 5.95 Å². The highest BCUT2D eigenvalue weighted by molar-refractivity contribution is 5.83. The van der Waals surface area contributed by atoms with E-state index in [0.29, 0.717) is 22.4 Å². The molecule has 35 heavy (non-hydrogen) atoms. The SMILES string of the molecule is Fc1cnc(Nc2ccc(N3CCNCC3)cn2)nc1-c1cc(F)c2nc3n(c2c1)CCCCC3.